The zero-order valence-corrected chi connectivity index (χ0v) is 13.6. The van der Waals surface area contributed by atoms with Crippen molar-refractivity contribution < 1.29 is 32.7 Å². The minimum atomic E-state index is 0. The average molecular weight is 322 g/mol. The van der Waals surface area contributed by atoms with Crippen molar-refractivity contribution in [2.24, 2.45) is 4.99 Å². The molecule has 1 nitrogen and oxygen atoms in total. The monoisotopic (exact) mass is 322 g/mol. The topological polar surface area (TPSA) is 12.4 Å². The van der Waals surface area contributed by atoms with Gasteiger partial charge in [0.15, 0.2) is 0 Å². The van der Waals surface area contributed by atoms with Crippen LogP contribution in [0.1, 0.15) is 12.0 Å². The predicted molar refractivity (Wildman–Crippen MR) is 77.1 cm³/mol. The quantitative estimate of drug-likeness (QED) is 0.698. The molecule has 2 heteroatoms. The van der Waals surface area contributed by atoms with E-state index in [0.717, 1.165) is 17.8 Å². The van der Waals surface area contributed by atoms with Gasteiger partial charge in [-0.3, -0.25) is 4.99 Å². The van der Waals surface area contributed by atoms with Gasteiger partial charge in [-0.2, -0.15) is 36.4 Å². The second kappa shape index (κ2) is 8.84. The molecule has 0 N–H and O–H groups in total. The normalized spacial score (nSPS) is 12.4. The van der Waals surface area contributed by atoms with Crippen molar-refractivity contribution in [3.05, 3.63) is 85.3 Å². The molecule has 0 aromatic heterocycles. The van der Waals surface area contributed by atoms with Gasteiger partial charge in [0.05, 0.1) is 5.70 Å². The van der Waals surface area contributed by atoms with Crippen molar-refractivity contribution >= 4 is 11.4 Å². The second-order valence-electron chi connectivity index (χ2n) is 3.91. The Bertz CT molecular complexity index is 503. The molecule has 2 aromatic rings. The Balaban J connectivity index is 0.000000220. The summed E-state index contributed by atoms with van der Waals surface area (Å²) in [7, 11) is 0. The number of hydrogen-bond acceptors (Lipinski definition) is 1. The van der Waals surface area contributed by atoms with Crippen LogP contribution in [-0.4, -0.2) is 5.71 Å². The van der Waals surface area contributed by atoms with E-state index < -0.39 is 0 Å². The fourth-order valence-corrected chi connectivity index (χ4v) is 1.61. The Labute approximate surface area is 140 Å². The molecular formula is C17H15NY-2. The fraction of sp³-hybridized carbons (Fsp3) is 0.0588. The van der Waals surface area contributed by atoms with Gasteiger partial charge in [0, 0.05) is 32.7 Å². The van der Waals surface area contributed by atoms with Gasteiger partial charge in [0.25, 0.3) is 0 Å². The Hall–Kier alpha value is -1.18. The first-order chi connectivity index (χ1) is 8.86. The van der Waals surface area contributed by atoms with E-state index in [4.69, 9.17) is 0 Å². The maximum Gasteiger partial charge on any atom is 0.0634 e. The number of hydrogen-bond donors (Lipinski definition) is 0. The molecular weight excluding hydrogens is 307 g/mol. The molecule has 0 unspecified atom stereocenters. The standard InChI is InChI=1S/C11H10N.C6H5.Y/c1-9-7-8-11(12-9)10-5-3-2-4-6-10;1-2-4-6-5-3-1;/h2-6,8H,1,7H2;1-5H;/q2*-1;. The van der Waals surface area contributed by atoms with Crippen LogP contribution in [0.3, 0.4) is 0 Å². The maximum atomic E-state index is 4.33. The first kappa shape index (κ1) is 15.9. The van der Waals surface area contributed by atoms with Gasteiger partial charge in [-0.15, -0.1) is 5.71 Å². The summed E-state index contributed by atoms with van der Waals surface area (Å²) in [6.07, 6.45) is 3.00. The number of nitrogens with zero attached hydrogens (tertiary/aromatic N) is 1. The van der Waals surface area contributed by atoms with Gasteiger partial charge in [-0.05, 0) is 12.0 Å². The molecule has 1 aliphatic rings. The zero-order chi connectivity index (χ0) is 12.6. The Morgan fingerprint density at radius 2 is 1.58 bits per heavy atom. The molecule has 0 fully saturated rings. The summed E-state index contributed by atoms with van der Waals surface area (Å²) >= 11 is 0. The summed E-state index contributed by atoms with van der Waals surface area (Å²) in [6.45, 7) is 3.81. The predicted octanol–water partition coefficient (Wildman–Crippen LogP) is 4.19. The van der Waals surface area contributed by atoms with E-state index in [1.165, 1.54) is 5.56 Å². The van der Waals surface area contributed by atoms with Crippen LogP contribution in [0.5, 0.6) is 0 Å². The van der Waals surface area contributed by atoms with Crippen molar-refractivity contribution in [3.8, 4) is 0 Å². The molecule has 1 radical (unpaired) electrons. The van der Waals surface area contributed by atoms with E-state index in [1.807, 2.05) is 48.5 Å². The van der Waals surface area contributed by atoms with Gasteiger partial charge < -0.3 is 6.92 Å². The third-order valence-electron chi connectivity index (χ3n) is 2.49. The summed E-state index contributed by atoms with van der Waals surface area (Å²) in [5.41, 5.74) is 3.19. The summed E-state index contributed by atoms with van der Waals surface area (Å²) in [5.74, 6) is 0. The Kier molecular flexibility index (Phi) is 7.39. The smallest absolute Gasteiger partial charge is 0.0634 e. The fourth-order valence-electron chi connectivity index (χ4n) is 1.61. The van der Waals surface area contributed by atoms with Crippen molar-refractivity contribution in [2.75, 3.05) is 0 Å². The van der Waals surface area contributed by atoms with Crippen LogP contribution in [0.15, 0.2) is 71.7 Å². The molecule has 0 amide bonds. The number of benzene rings is 2. The first-order valence-corrected chi connectivity index (χ1v) is 5.92. The van der Waals surface area contributed by atoms with Crippen LogP contribution in [0.4, 0.5) is 0 Å². The Morgan fingerprint density at radius 3 is 2.00 bits per heavy atom. The third kappa shape index (κ3) is 5.54. The number of aliphatic imine (C=N–C) groups is 1. The SMILES string of the molecule is [CH2-]C1=NC(c2ccccc2)=CC1.[Y].[c-]1ccccc1. The third-order valence-corrected chi connectivity index (χ3v) is 2.49. The van der Waals surface area contributed by atoms with Crippen LogP contribution in [0, 0.1) is 13.0 Å². The van der Waals surface area contributed by atoms with E-state index in [1.54, 1.807) is 0 Å². The number of rotatable bonds is 1. The van der Waals surface area contributed by atoms with Crippen LogP contribution < -0.4 is 0 Å². The van der Waals surface area contributed by atoms with Gasteiger partial charge in [-0.25, -0.2) is 0 Å². The van der Waals surface area contributed by atoms with Gasteiger partial charge in [-0.1, -0.05) is 36.4 Å². The molecule has 2 aromatic carbocycles. The van der Waals surface area contributed by atoms with Crippen LogP contribution in [0.2, 0.25) is 0 Å². The minimum absolute atomic E-state index is 0. The summed E-state index contributed by atoms with van der Waals surface area (Å²) < 4.78 is 0. The Morgan fingerprint density at radius 1 is 0.947 bits per heavy atom. The van der Waals surface area contributed by atoms with Crippen LogP contribution >= 0.6 is 0 Å². The van der Waals surface area contributed by atoms with Crippen molar-refractivity contribution in [1.82, 2.24) is 0 Å². The molecule has 0 bridgehead atoms. The molecule has 0 spiro atoms. The van der Waals surface area contributed by atoms with E-state index in [0.29, 0.717) is 0 Å². The molecule has 0 saturated carbocycles. The molecule has 0 aliphatic carbocycles. The van der Waals surface area contributed by atoms with Crippen molar-refractivity contribution in [2.45, 2.75) is 6.42 Å². The zero-order valence-electron chi connectivity index (χ0n) is 10.8. The second-order valence-corrected chi connectivity index (χ2v) is 3.91. The van der Waals surface area contributed by atoms with Crippen LogP contribution in [-0.2, 0) is 32.7 Å². The maximum absolute atomic E-state index is 4.33. The molecule has 3 rings (SSSR count). The molecule has 1 aliphatic heterocycles. The van der Waals surface area contributed by atoms with Crippen molar-refractivity contribution in [3.63, 3.8) is 0 Å². The van der Waals surface area contributed by atoms with Gasteiger partial charge >= 0.3 is 0 Å². The minimum Gasteiger partial charge on any atom is -0.360 e. The van der Waals surface area contributed by atoms with Gasteiger partial charge in [0.1, 0.15) is 0 Å². The summed E-state index contributed by atoms with van der Waals surface area (Å²) in [6, 6.07) is 22.7. The first-order valence-electron chi connectivity index (χ1n) is 5.92. The van der Waals surface area contributed by atoms with E-state index >= 15 is 0 Å². The van der Waals surface area contributed by atoms with E-state index in [-0.39, 0.29) is 32.7 Å². The number of allylic oxidation sites excluding steroid dienone is 1. The summed E-state index contributed by atoms with van der Waals surface area (Å²) in [5, 5.41) is 0. The van der Waals surface area contributed by atoms with E-state index in [9.17, 15) is 0 Å². The van der Waals surface area contributed by atoms with E-state index in [2.05, 4.69) is 36.2 Å². The molecule has 0 saturated heterocycles. The summed E-state index contributed by atoms with van der Waals surface area (Å²) in [4.78, 5) is 4.33. The van der Waals surface area contributed by atoms with Crippen molar-refractivity contribution in [1.29, 1.82) is 0 Å². The molecule has 19 heavy (non-hydrogen) atoms. The molecule has 1 heterocycles. The van der Waals surface area contributed by atoms with Crippen LogP contribution in [0.25, 0.3) is 5.70 Å². The largest absolute Gasteiger partial charge is 0.360 e. The average Bonchev–Trinajstić information content (AvgIpc) is 2.89. The molecule has 93 valence electrons. The molecule has 0 atom stereocenters. The van der Waals surface area contributed by atoms with Gasteiger partial charge in [0.2, 0.25) is 0 Å².